The number of sulfonamides is 1. The van der Waals surface area contributed by atoms with Crippen LogP contribution in [0, 0.1) is 18.8 Å². The van der Waals surface area contributed by atoms with Gasteiger partial charge in [0.15, 0.2) is 11.5 Å². The molecule has 192 valence electrons. The monoisotopic (exact) mass is 532 g/mol. The fraction of sp³-hybridized carbons (Fsp3) is 0.458. The van der Waals surface area contributed by atoms with Gasteiger partial charge in [0.2, 0.25) is 15.9 Å². The van der Waals surface area contributed by atoms with Crippen LogP contribution in [0.2, 0.25) is 0 Å². The van der Waals surface area contributed by atoms with Gasteiger partial charge in [0.1, 0.15) is 29.5 Å². The molecule has 2 aromatic heterocycles. The Kier molecular flexibility index (Phi) is 6.52. The molecule has 5 rings (SSSR count). The number of rotatable bonds is 5. The molecule has 10 nitrogen and oxygen atoms in total. The fourth-order valence-electron chi connectivity index (χ4n) is 4.94. The van der Waals surface area contributed by atoms with Crippen LogP contribution < -0.4 is 20.3 Å². The number of carbonyl (C=O) groups is 1. The number of amides is 1. The number of hydrogen-bond acceptors (Lipinski definition) is 8. The minimum atomic E-state index is -3.90. The van der Waals surface area contributed by atoms with Gasteiger partial charge in [0.05, 0.1) is 11.7 Å². The zero-order valence-corrected chi connectivity index (χ0v) is 21.9. The van der Waals surface area contributed by atoms with E-state index in [9.17, 15) is 18.0 Å². The lowest BCUT2D eigenvalue weighted by Crippen LogP contribution is -2.42. The number of aromatic nitrogens is 2. The predicted octanol–water partition coefficient (Wildman–Crippen LogP) is 2.84. The van der Waals surface area contributed by atoms with Crippen molar-refractivity contribution in [3.8, 4) is 11.5 Å². The minimum absolute atomic E-state index is 0.00268. The average Bonchev–Trinajstić information content (AvgIpc) is 3.17. The predicted molar refractivity (Wildman–Crippen MR) is 136 cm³/mol. The third-order valence-corrected chi connectivity index (χ3v) is 9.52. The third kappa shape index (κ3) is 4.60. The standard InChI is InChI=1S/C24H28N4O6S2/c1-14-8-15(2)11-28(10-14)36(31,32)22-16(3)35-23-21(22)24(30)27(13-25-23)12-20(29)26-17-4-5-18-19(9-17)34-7-6-33-18/h4-5,9,13-15H,6-8,10-12H2,1-3H3,(H,26,29)/t14-,15+. The molecule has 1 saturated heterocycles. The summed E-state index contributed by atoms with van der Waals surface area (Å²) in [5.41, 5.74) is -0.0623. The van der Waals surface area contributed by atoms with Crippen LogP contribution in [0.15, 0.2) is 34.2 Å². The molecule has 0 unspecified atom stereocenters. The SMILES string of the molecule is Cc1sc2ncn(CC(=O)Nc3ccc4c(c3)OCCO4)c(=O)c2c1S(=O)(=O)N1C[C@H](C)C[C@H](C)C1. The first-order valence-electron chi connectivity index (χ1n) is 11.8. The number of hydrogen-bond donors (Lipinski definition) is 1. The Hall–Kier alpha value is -2.96. The normalized spacial score (nSPS) is 20.4. The van der Waals surface area contributed by atoms with Crippen LogP contribution >= 0.6 is 11.3 Å². The number of nitrogens with one attached hydrogen (secondary N) is 1. The van der Waals surface area contributed by atoms with E-state index in [1.807, 2.05) is 13.8 Å². The molecule has 1 N–H and O–H groups in total. The Morgan fingerprint density at radius 1 is 1.17 bits per heavy atom. The molecular formula is C24H28N4O6S2. The third-order valence-electron chi connectivity index (χ3n) is 6.37. The zero-order chi connectivity index (χ0) is 25.6. The first kappa shape index (κ1) is 24.7. The molecule has 0 bridgehead atoms. The molecule has 4 heterocycles. The number of benzene rings is 1. The number of ether oxygens (including phenoxy) is 2. The maximum atomic E-state index is 13.7. The van der Waals surface area contributed by atoms with Crippen LogP contribution in [0.1, 0.15) is 25.1 Å². The quantitative estimate of drug-likeness (QED) is 0.537. The molecule has 0 aliphatic carbocycles. The second kappa shape index (κ2) is 9.49. The van der Waals surface area contributed by atoms with Crippen molar-refractivity contribution in [2.75, 3.05) is 31.6 Å². The molecule has 1 amide bonds. The molecule has 36 heavy (non-hydrogen) atoms. The highest BCUT2D eigenvalue weighted by Crippen LogP contribution is 2.35. The number of carbonyl (C=O) groups excluding carboxylic acids is 1. The lowest BCUT2D eigenvalue weighted by atomic mass is 9.94. The number of piperidine rings is 1. The van der Waals surface area contributed by atoms with Gasteiger partial charge in [-0.1, -0.05) is 13.8 Å². The minimum Gasteiger partial charge on any atom is -0.486 e. The van der Waals surface area contributed by atoms with Crippen molar-refractivity contribution in [1.29, 1.82) is 0 Å². The summed E-state index contributed by atoms with van der Waals surface area (Å²) in [5, 5.41) is 2.78. The Balaban J connectivity index is 1.44. The Morgan fingerprint density at radius 2 is 1.86 bits per heavy atom. The second-order valence-corrected chi connectivity index (χ2v) is 12.6. The highest BCUT2D eigenvalue weighted by Gasteiger charge is 2.35. The summed E-state index contributed by atoms with van der Waals surface area (Å²) in [6.45, 7) is 7.15. The molecule has 2 aliphatic rings. The van der Waals surface area contributed by atoms with Crippen molar-refractivity contribution in [1.82, 2.24) is 13.9 Å². The summed E-state index contributed by atoms with van der Waals surface area (Å²) in [6, 6.07) is 5.05. The summed E-state index contributed by atoms with van der Waals surface area (Å²) in [4.78, 5) is 31.4. The van der Waals surface area contributed by atoms with Gasteiger partial charge in [-0.15, -0.1) is 11.3 Å². The van der Waals surface area contributed by atoms with Gasteiger partial charge >= 0.3 is 0 Å². The smallest absolute Gasteiger partial charge is 0.263 e. The van der Waals surface area contributed by atoms with Gasteiger partial charge in [-0.2, -0.15) is 4.31 Å². The van der Waals surface area contributed by atoms with Crippen molar-refractivity contribution >= 4 is 43.2 Å². The molecule has 12 heteroatoms. The Labute approximate surface area is 212 Å². The topological polar surface area (TPSA) is 120 Å². The Morgan fingerprint density at radius 3 is 2.58 bits per heavy atom. The van der Waals surface area contributed by atoms with Gasteiger partial charge in [-0.25, -0.2) is 13.4 Å². The van der Waals surface area contributed by atoms with Gasteiger partial charge in [0, 0.05) is 29.7 Å². The van der Waals surface area contributed by atoms with E-state index in [1.54, 1.807) is 25.1 Å². The van der Waals surface area contributed by atoms with Gasteiger partial charge < -0.3 is 14.8 Å². The highest BCUT2D eigenvalue weighted by atomic mass is 32.2. The van der Waals surface area contributed by atoms with Crippen molar-refractivity contribution < 1.29 is 22.7 Å². The van der Waals surface area contributed by atoms with Crippen LogP contribution in [0.25, 0.3) is 10.2 Å². The molecular weight excluding hydrogens is 504 g/mol. The number of thiophene rings is 1. The van der Waals surface area contributed by atoms with E-state index in [1.165, 1.54) is 22.0 Å². The van der Waals surface area contributed by atoms with Crippen molar-refractivity contribution in [3.63, 3.8) is 0 Å². The van der Waals surface area contributed by atoms with Gasteiger partial charge in [0.25, 0.3) is 5.56 Å². The average molecular weight is 533 g/mol. The zero-order valence-electron chi connectivity index (χ0n) is 20.3. The van der Waals surface area contributed by atoms with Crippen molar-refractivity contribution in [3.05, 3.63) is 39.8 Å². The highest BCUT2D eigenvalue weighted by molar-refractivity contribution is 7.89. The van der Waals surface area contributed by atoms with E-state index in [0.29, 0.717) is 53.2 Å². The molecule has 2 atom stereocenters. The van der Waals surface area contributed by atoms with Crippen LogP contribution in [0.4, 0.5) is 5.69 Å². The van der Waals surface area contributed by atoms with Crippen molar-refractivity contribution in [2.45, 2.75) is 38.6 Å². The molecule has 1 fully saturated rings. The maximum absolute atomic E-state index is 13.7. The largest absolute Gasteiger partial charge is 0.486 e. The van der Waals surface area contributed by atoms with E-state index < -0.39 is 21.5 Å². The van der Waals surface area contributed by atoms with E-state index in [-0.39, 0.29) is 28.7 Å². The van der Waals surface area contributed by atoms with Crippen LogP contribution in [-0.2, 0) is 21.4 Å². The summed E-state index contributed by atoms with van der Waals surface area (Å²) >= 11 is 1.17. The number of fused-ring (bicyclic) bond motifs is 2. The molecule has 3 aromatic rings. The first-order valence-corrected chi connectivity index (χ1v) is 14.1. The number of nitrogens with zero attached hydrogens (tertiary/aromatic N) is 3. The second-order valence-electron chi connectivity index (χ2n) is 9.52. The van der Waals surface area contributed by atoms with Crippen LogP contribution in [0.5, 0.6) is 11.5 Å². The van der Waals surface area contributed by atoms with Crippen LogP contribution in [-0.4, -0.2) is 54.5 Å². The van der Waals surface area contributed by atoms with Crippen LogP contribution in [0.3, 0.4) is 0 Å². The number of aryl methyl sites for hydroxylation is 1. The molecule has 2 aliphatic heterocycles. The fourth-order valence-corrected chi connectivity index (χ4v) is 8.29. The molecule has 1 aromatic carbocycles. The van der Waals surface area contributed by atoms with E-state index in [4.69, 9.17) is 9.47 Å². The molecule has 0 saturated carbocycles. The molecule has 0 radical (unpaired) electrons. The van der Waals surface area contributed by atoms with Gasteiger partial charge in [-0.05, 0) is 37.3 Å². The summed E-state index contributed by atoms with van der Waals surface area (Å²) in [5.74, 6) is 1.14. The van der Waals surface area contributed by atoms with E-state index in [2.05, 4.69) is 10.3 Å². The Bertz CT molecular complexity index is 1490. The van der Waals surface area contributed by atoms with E-state index in [0.717, 1.165) is 11.0 Å². The summed E-state index contributed by atoms with van der Waals surface area (Å²) in [7, 11) is -3.90. The maximum Gasteiger partial charge on any atom is 0.263 e. The summed E-state index contributed by atoms with van der Waals surface area (Å²) < 4.78 is 41.0. The van der Waals surface area contributed by atoms with Crippen molar-refractivity contribution in [2.24, 2.45) is 11.8 Å². The molecule has 0 spiro atoms. The summed E-state index contributed by atoms with van der Waals surface area (Å²) in [6.07, 6.45) is 2.24. The van der Waals surface area contributed by atoms with Gasteiger partial charge in [-0.3, -0.25) is 14.2 Å². The first-order chi connectivity index (χ1) is 17.1. The number of anilines is 1. The lowest BCUT2D eigenvalue weighted by molar-refractivity contribution is -0.116. The van der Waals surface area contributed by atoms with E-state index >= 15 is 0 Å². The lowest BCUT2D eigenvalue weighted by Gasteiger charge is -2.34.